The molecular formula is C16H19N3O. The molecule has 0 unspecified atom stereocenters. The Morgan fingerprint density at radius 3 is 2.90 bits per heavy atom. The van der Waals surface area contributed by atoms with Crippen LogP contribution in [0.1, 0.15) is 36.0 Å². The maximum absolute atomic E-state index is 9.24. The fourth-order valence-electron chi connectivity index (χ4n) is 2.40. The van der Waals surface area contributed by atoms with Gasteiger partial charge in [-0.25, -0.2) is 0 Å². The number of nitriles is 1. The number of hydrogen-bond donors (Lipinski definition) is 0. The van der Waals surface area contributed by atoms with Gasteiger partial charge in [-0.05, 0) is 23.6 Å². The van der Waals surface area contributed by atoms with E-state index in [1.165, 1.54) is 0 Å². The summed E-state index contributed by atoms with van der Waals surface area (Å²) in [5.74, 6) is 0.210. The summed E-state index contributed by atoms with van der Waals surface area (Å²) in [6, 6.07) is 10.0. The monoisotopic (exact) mass is 269 g/mol. The van der Waals surface area contributed by atoms with Crippen molar-refractivity contribution in [2.24, 2.45) is 0 Å². The molecule has 2 rings (SSSR count). The molecule has 20 heavy (non-hydrogen) atoms. The maximum atomic E-state index is 9.24. The number of nitrogens with zero attached hydrogens (tertiary/aromatic N) is 3. The van der Waals surface area contributed by atoms with E-state index < -0.39 is 0 Å². The van der Waals surface area contributed by atoms with Crippen molar-refractivity contribution in [3.05, 3.63) is 53.3 Å². The van der Waals surface area contributed by atoms with E-state index in [9.17, 15) is 5.26 Å². The van der Waals surface area contributed by atoms with Gasteiger partial charge in [-0.2, -0.15) is 10.4 Å². The molecule has 4 heteroatoms. The Morgan fingerprint density at radius 2 is 2.20 bits per heavy atom. The van der Waals surface area contributed by atoms with Gasteiger partial charge in [0.05, 0.1) is 31.0 Å². The quantitative estimate of drug-likeness (QED) is 0.810. The summed E-state index contributed by atoms with van der Waals surface area (Å²) >= 11 is 0. The Kier molecular flexibility index (Phi) is 4.91. The minimum atomic E-state index is 0.210. The second-order valence-electron chi connectivity index (χ2n) is 4.69. The number of aromatic nitrogens is 2. The van der Waals surface area contributed by atoms with E-state index in [1.807, 2.05) is 41.3 Å². The van der Waals surface area contributed by atoms with Crippen LogP contribution in [0.2, 0.25) is 0 Å². The van der Waals surface area contributed by atoms with E-state index >= 15 is 0 Å². The standard InChI is InChI=1S/C16H19N3O/c1-3-15(16-7-5-4-6-13(16)10-17)14-11-18-19(12-14)8-9-20-2/h4-7,11-12,15H,3,8-9H2,1-2H3/t15-/m1/s1. The Labute approximate surface area is 119 Å². The van der Waals surface area contributed by atoms with E-state index in [1.54, 1.807) is 7.11 Å². The molecule has 0 fully saturated rings. The molecule has 4 nitrogen and oxygen atoms in total. The molecular weight excluding hydrogens is 250 g/mol. The van der Waals surface area contributed by atoms with Crippen molar-refractivity contribution in [3.63, 3.8) is 0 Å². The topological polar surface area (TPSA) is 50.8 Å². The number of rotatable bonds is 6. The molecule has 104 valence electrons. The molecule has 0 aliphatic rings. The average Bonchev–Trinajstić information content (AvgIpc) is 2.95. The first-order chi connectivity index (χ1) is 9.80. The first-order valence-electron chi connectivity index (χ1n) is 6.80. The Morgan fingerprint density at radius 1 is 1.40 bits per heavy atom. The fraction of sp³-hybridized carbons (Fsp3) is 0.375. The second kappa shape index (κ2) is 6.88. The maximum Gasteiger partial charge on any atom is 0.0994 e. The molecule has 0 N–H and O–H groups in total. The highest BCUT2D eigenvalue weighted by Gasteiger charge is 2.17. The van der Waals surface area contributed by atoms with Crippen LogP contribution in [0.25, 0.3) is 0 Å². The van der Waals surface area contributed by atoms with E-state index in [0.29, 0.717) is 6.61 Å². The van der Waals surface area contributed by atoms with Crippen LogP contribution < -0.4 is 0 Å². The second-order valence-corrected chi connectivity index (χ2v) is 4.69. The third-order valence-electron chi connectivity index (χ3n) is 3.45. The highest BCUT2D eigenvalue weighted by molar-refractivity contribution is 5.43. The fourth-order valence-corrected chi connectivity index (χ4v) is 2.40. The lowest BCUT2D eigenvalue weighted by molar-refractivity contribution is 0.183. The molecule has 0 spiro atoms. The number of ether oxygens (including phenoxy) is 1. The third-order valence-corrected chi connectivity index (χ3v) is 3.45. The lowest BCUT2D eigenvalue weighted by atomic mass is 9.88. The molecule has 2 aromatic rings. The average molecular weight is 269 g/mol. The van der Waals surface area contributed by atoms with E-state index in [4.69, 9.17) is 4.74 Å². The smallest absolute Gasteiger partial charge is 0.0994 e. The first kappa shape index (κ1) is 14.3. The SMILES string of the molecule is CC[C@H](c1cnn(CCOC)c1)c1ccccc1C#N. The van der Waals surface area contributed by atoms with Crippen molar-refractivity contribution < 1.29 is 4.74 Å². The summed E-state index contributed by atoms with van der Waals surface area (Å²) in [5.41, 5.74) is 2.96. The Hall–Kier alpha value is -2.12. The van der Waals surface area contributed by atoms with Crippen LogP contribution in [0.15, 0.2) is 36.7 Å². The normalized spacial score (nSPS) is 12.1. The van der Waals surface area contributed by atoms with Crippen LogP contribution in [0, 0.1) is 11.3 Å². The largest absolute Gasteiger partial charge is 0.383 e. The first-order valence-corrected chi connectivity index (χ1v) is 6.80. The molecule has 1 atom stereocenters. The van der Waals surface area contributed by atoms with Crippen molar-refractivity contribution in [1.82, 2.24) is 9.78 Å². The minimum Gasteiger partial charge on any atom is -0.383 e. The molecule has 1 aromatic carbocycles. The zero-order valence-electron chi connectivity index (χ0n) is 11.9. The number of methoxy groups -OCH3 is 1. The zero-order chi connectivity index (χ0) is 14.4. The summed E-state index contributed by atoms with van der Waals surface area (Å²) < 4.78 is 6.94. The van der Waals surface area contributed by atoms with Gasteiger partial charge in [-0.15, -0.1) is 0 Å². The Balaban J connectivity index is 2.28. The molecule has 1 aromatic heterocycles. The minimum absolute atomic E-state index is 0.210. The molecule has 0 saturated heterocycles. The lowest BCUT2D eigenvalue weighted by Crippen LogP contribution is -2.05. The summed E-state index contributed by atoms with van der Waals surface area (Å²) in [6.45, 7) is 3.52. The molecule has 0 amide bonds. The summed E-state index contributed by atoms with van der Waals surface area (Å²) in [6.07, 6.45) is 4.87. The van der Waals surface area contributed by atoms with E-state index in [-0.39, 0.29) is 5.92 Å². The van der Waals surface area contributed by atoms with Crippen LogP contribution in [0.3, 0.4) is 0 Å². The van der Waals surface area contributed by atoms with Crippen molar-refractivity contribution in [2.75, 3.05) is 13.7 Å². The number of hydrogen-bond acceptors (Lipinski definition) is 3. The van der Waals surface area contributed by atoms with E-state index in [2.05, 4.69) is 18.1 Å². The summed E-state index contributed by atoms with van der Waals surface area (Å²) in [4.78, 5) is 0. The highest BCUT2D eigenvalue weighted by atomic mass is 16.5. The van der Waals surface area contributed by atoms with Crippen LogP contribution in [0.5, 0.6) is 0 Å². The van der Waals surface area contributed by atoms with Crippen LogP contribution in [0.4, 0.5) is 0 Å². The summed E-state index contributed by atoms with van der Waals surface area (Å²) in [7, 11) is 1.68. The van der Waals surface area contributed by atoms with Crippen molar-refractivity contribution in [1.29, 1.82) is 5.26 Å². The predicted octanol–water partition coefficient (Wildman–Crippen LogP) is 2.94. The summed E-state index contributed by atoms with van der Waals surface area (Å²) in [5, 5.41) is 13.6. The van der Waals surface area contributed by atoms with Crippen LogP contribution in [-0.4, -0.2) is 23.5 Å². The highest BCUT2D eigenvalue weighted by Crippen LogP contribution is 2.29. The lowest BCUT2D eigenvalue weighted by Gasteiger charge is -2.14. The van der Waals surface area contributed by atoms with Gasteiger partial charge in [0.2, 0.25) is 0 Å². The predicted molar refractivity (Wildman–Crippen MR) is 77.4 cm³/mol. The van der Waals surface area contributed by atoms with Crippen LogP contribution in [-0.2, 0) is 11.3 Å². The van der Waals surface area contributed by atoms with Gasteiger partial charge in [-0.3, -0.25) is 4.68 Å². The van der Waals surface area contributed by atoms with Crippen LogP contribution >= 0.6 is 0 Å². The van der Waals surface area contributed by atoms with Crippen molar-refractivity contribution in [2.45, 2.75) is 25.8 Å². The van der Waals surface area contributed by atoms with Gasteiger partial charge in [0.25, 0.3) is 0 Å². The van der Waals surface area contributed by atoms with Gasteiger partial charge < -0.3 is 4.74 Å². The van der Waals surface area contributed by atoms with Crippen molar-refractivity contribution >= 4 is 0 Å². The molecule has 0 bridgehead atoms. The number of benzene rings is 1. The van der Waals surface area contributed by atoms with Gasteiger partial charge in [0.15, 0.2) is 0 Å². The molecule has 0 saturated carbocycles. The van der Waals surface area contributed by atoms with Crippen molar-refractivity contribution in [3.8, 4) is 6.07 Å². The molecule has 0 radical (unpaired) electrons. The molecule has 1 heterocycles. The van der Waals surface area contributed by atoms with Gasteiger partial charge in [0, 0.05) is 19.2 Å². The van der Waals surface area contributed by atoms with E-state index in [0.717, 1.165) is 29.7 Å². The Bertz CT molecular complexity index is 598. The zero-order valence-corrected chi connectivity index (χ0v) is 11.9. The van der Waals surface area contributed by atoms with Gasteiger partial charge >= 0.3 is 0 Å². The molecule has 0 aliphatic carbocycles. The van der Waals surface area contributed by atoms with Gasteiger partial charge in [-0.1, -0.05) is 25.1 Å². The molecule has 0 aliphatic heterocycles. The third kappa shape index (κ3) is 3.06. The van der Waals surface area contributed by atoms with Gasteiger partial charge in [0.1, 0.15) is 0 Å².